The second kappa shape index (κ2) is 5.40. The molecule has 0 radical (unpaired) electrons. The summed E-state index contributed by atoms with van der Waals surface area (Å²) in [4.78, 5) is 2.32. The number of aliphatic hydroxyl groups is 1. The minimum atomic E-state index is 0.108. The van der Waals surface area contributed by atoms with Gasteiger partial charge in [0.05, 0.1) is 0 Å². The number of hydrogen-bond acceptors (Lipinski definition) is 3. The monoisotopic (exact) mass is 247 g/mol. The topological polar surface area (TPSA) is 73.3 Å². The van der Waals surface area contributed by atoms with Gasteiger partial charge < -0.3 is 15.7 Å². The molecule has 1 aliphatic rings. The van der Waals surface area contributed by atoms with Gasteiger partial charge in [-0.25, -0.2) is 0 Å². The number of hydrogen-bond donors (Lipinski definition) is 3. The largest absolute Gasteiger partial charge is 0.396 e. The summed E-state index contributed by atoms with van der Waals surface area (Å²) in [6.07, 6.45) is 2.23. The minimum Gasteiger partial charge on any atom is -0.396 e. The Balaban J connectivity index is 2.20. The number of anilines is 1. The van der Waals surface area contributed by atoms with Gasteiger partial charge in [0.2, 0.25) is 0 Å². The fourth-order valence-corrected chi connectivity index (χ4v) is 2.61. The summed E-state index contributed by atoms with van der Waals surface area (Å²) in [5.41, 5.74) is 8.59. The molecule has 1 fully saturated rings. The lowest BCUT2D eigenvalue weighted by Crippen LogP contribution is -2.37. The molecule has 0 saturated carbocycles. The fourth-order valence-electron chi connectivity index (χ4n) is 2.61. The van der Waals surface area contributed by atoms with Crippen molar-refractivity contribution in [2.24, 2.45) is 11.7 Å². The van der Waals surface area contributed by atoms with E-state index in [1.165, 1.54) is 5.69 Å². The summed E-state index contributed by atoms with van der Waals surface area (Å²) in [5.74, 6) is 0.488. The second-order valence-corrected chi connectivity index (χ2v) is 5.05. The maximum atomic E-state index is 9.27. The van der Waals surface area contributed by atoms with Crippen LogP contribution in [0.4, 0.5) is 5.69 Å². The summed E-state index contributed by atoms with van der Waals surface area (Å²) >= 11 is 0. The van der Waals surface area contributed by atoms with Gasteiger partial charge in [-0.2, -0.15) is 0 Å². The van der Waals surface area contributed by atoms with Crippen molar-refractivity contribution in [3.05, 3.63) is 29.3 Å². The maximum Gasteiger partial charge on any atom is 0.122 e. The van der Waals surface area contributed by atoms with Crippen molar-refractivity contribution in [3.8, 4) is 0 Å². The van der Waals surface area contributed by atoms with E-state index >= 15 is 0 Å². The smallest absolute Gasteiger partial charge is 0.122 e. The molecule has 0 amide bonds. The maximum absolute atomic E-state index is 9.27. The van der Waals surface area contributed by atoms with Gasteiger partial charge in [0.15, 0.2) is 0 Å². The first-order valence-electron chi connectivity index (χ1n) is 6.42. The number of aryl methyl sites for hydroxylation is 1. The molecule has 1 heterocycles. The molecular formula is C14H21N3O. The van der Waals surface area contributed by atoms with Crippen molar-refractivity contribution < 1.29 is 5.11 Å². The zero-order valence-electron chi connectivity index (χ0n) is 10.8. The molecule has 4 heteroatoms. The van der Waals surface area contributed by atoms with Crippen LogP contribution in [0.25, 0.3) is 0 Å². The summed E-state index contributed by atoms with van der Waals surface area (Å²) in [6.45, 7) is 4.26. The molecule has 0 bridgehead atoms. The fraction of sp³-hybridized carbons (Fsp3) is 0.500. The van der Waals surface area contributed by atoms with E-state index in [2.05, 4.69) is 4.90 Å². The Kier molecular flexibility index (Phi) is 3.87. The zero-order valence-corrected chi connectivity index (χ0v) is 10.8. The summed E-state index contributed by atoms with van der Waals surface area (Å²) in [6, 6.07) is 5.89. The van der Waals surface area contributed by atoms with Gasteiger partial charge in [-0.05, 0) is 49.4 Å². The molecule has 0 spiro atoms. The number of aliphatic hydroxyl groups excluding tert-OH is 1. The summed E-state index contributed by atoms with van der Waals surface area (Å²) < 4.78 is 0. The Morgan fingerprint density at radius 2 is 2.33 bits per heavy atom. The van der Waals surface area contributed by atoms with E-state index in [4.69, 9.17) is 11.1 Å². The number of nitrogens with zero attached hydrogens (tertiary/aromatic N) is 1. The van der Waals surface area contributed by atoms with E-state index in [-0.39, 0.29) is 12.4 Å². The molecule has 0 aromatic heterocycles. The SMILES string of the molecule is Cc1cc(C(=N)N)ccc1N1CCCC(CO)C1. The van der Waals surface area contributed by atoms with Gasteiger partial charge in [0, 0.05) is 30.9 Å². The van der Waals surface area contributed by atoms with Gasteiger partial charge >= 0.3 is 0 Å². The number of nitrogen functional groups attached to an aromatic ring is 1. The highest BCUT2D eigenvalue weighted by Crippen LogP contribution is 2.26. The molecule has 1 saturated heterocycles. The third-order valence-corrected chi connectivity index (χ3v) is 3.63. The third-order valence-electron chi connectivity index (χ3n) is 3.63. The van der Waals surface area contributed by atoms with Crippen LogP contribution in [0.1, 0.15) is 24.0 Å². The second-order valence-electron chi connectivity index (χ2n) is 5.05. The molecule has 0 aliphatic carbocycles. The Hall–Kier alpha value is -1.55. The van der Waals surface area contributed by atoms with Gasteiger partial charge in [-0.3, -0.25) is 5.41 Å². The van der Waals surface area contributed by atoms with E-state index < -0.39 is 0 Å². The Bertz CT molecular complexity index is 445. The van der Waals surface area contributed by atoms with Crippen LogP contribution < -0.4 is 10.6 Å². The first kappa shape index (κ1) is 12.9. The summed E-state index contributed by atoms with van der Waals surface area (Å²) in [5, 5.41) is 16.7. The van der Waals surface area contributed by atoms with Crippen LogP contribution in [-0.2, 0) is 0 Å². The van der Waals surface area contributed by atoms with Crippen LogP contribution in [0, 0.1) is 18.3 Å². The summed E-state index contributed by atoms with van der Waals surface area (Å²) in [7, 11) is 0. The molecule has 1 unspecified atom stereocenters. The number of rotatable bonds is 3. The minimum absolute atomic E-state index is 0.108. The average Bonchev–Trinajstić information content (AvgIpc) is 2.38. The number of benzene rings is 1. The van der Waals surface area contributed by atoms with Crippen molar-refractivity contribution >= 4 is 11.5 Å². The van der Waals surface area contributed by atoms with Crippen LogP contribution >= 0.6 is 0 Å². The van der Waals surface area contributed by atoms with Crippen molar-refractivity contribution in [2.75, 3.05) is 24.6 Å². The quantitative estimate of drug-likeness (QED) is 0.559. The first-order valence-corrected chi connectivity index (χ1v) is 6.42. The zero-order chi connectivity index (χ0) is 13.1. The van der Waals surface area contributed by atoms with Crippen molar-refractivity contribution in [1.82, 2.24) is 0 Å². The van der Waals surface area contributed by atoms with E-state index in [1.54, 1.807) is 0 Å². The molecule has 1 aromatic rings. The molecule has 18 heavy (non-hydrogen) atoms. The highest BCUT2D eigenvalue weighted by molar-refractivity contribution is 5.95. The number of amidine groups is 1. The molecule has 98 valence electrons. The predicted molar refractivity (Wildman–Crippen MR) is 74.2 cm³/mol. The van der Waals surface area contributed by atoms with Crippen LogP contribution in [-0.4, -0.2) is 30.6 Å². The molecule has 1 atom stereocenters. The van der Waals surface area contributed by atoms with Crippen molar-refractivity contribution in [3.63, 3.8) is 0 Å². The van der Waals surface area contributed by atoms with Crippen molar-refractivity contribution in [1.29, 1.82) is 5.41 Å². The first-order chi connectivity index (χ1) is 8.61. The number of nitrogens with one attached hydrogen (secondary N) is 1. The highest BCUT2D eigenvalue weighted by atomic mass is 16.3. The third kappa shape index (κ3) is 2.64. The van der Waals surface area contributed by atoms with E-state index in [1.807, 2.05) is 25.1 Å². The molecule has 2 rings (SSSR count). The Labute approximate surface area is 108 Å². The lowest BCUT2D eigenvalue weighted by molar-refractivity contribution is 0.208. The predicted octanol–water partition coefficient (Wildman–Crippen LogP) is 1.49. The Morgan fingerprint density at radius 1 is 1.56 bits per heavy atom. The average molecular weight is 247 g/mol. The molecular weight excluding hydrogens is 226 g/mol. The molecule has 1 aromatic carbocycles. The van der Waals surface area contributed by atoms with Gasteiger partial charge in [-0.15, -0.1) is 0 Å². The molecule has 4 N–H and O–H groups in total. The van der Waals surface area contributed by atoms with Crippen LogP contribution in [0.2, 0.25) is 0 Å². The standard InChI is InChI=1S/C14H21N3O/c1-10-7-12(14(15)16)4-5-13(10)17-6-2-3-11(8-17)9-18/h4-5,7,11,18H,2-3,6,8-9H2,1H3,(H3,15,16). The number of nitrogens with two attached hydrogens (primary N) is 1. The lowest BCUT2D eigenvalue weighted by Gasteiger charge is -2.34. The lowest BCUT2D eigenvalue weighted by atomic mass is 9.97. The van der Waals surface area contributed by atoms with E-state index in [9.17, 15) is 5.11 Å². The van der Waals surface area contributed by atoms with Gasteiger partial charge in [0.1, 0.15) is 5.84 Å². The van der Waals surface area contributed by atoms with E-state index in [0.29, 0.717) is 5.92 Å². The van der Waals surface area contributed by atoms with Crippen LogP contribution in [0.15, 0.2) is 18.2 Å². The highest BCUT2D eigenvalue weighted by Gasteiger charge is 2.20. The van der Waals surface area contributed by atoms with Gasteiger partial charge in [0.25, 0.3) is 0 Å². The van der Waals surface area contributed by atoms with Gasteiger partial charge in [-0.1, -0.05) is 0 Å². The molecule has 1 aliphatic heterocycles. The van der Waals surface area contributed by atoms with Crippen molar-refractivity contribution in [2.45, 2.75) is 19.8 Å². The van der Waals surface area contributed by atoms with E-state index in [0.717, 1.165) is 37.1 Å². The molecule has 4 nitrogen and oxygen atoms in total. The van der Waals surface area contributed by atoms with Crippen LogP contribution in [0.3, 0.4) is 0 Å². The Morgan fingerprint density at radius 3 is 2.94 bits per heavy atom. The number of piperidine rings is 1. The normalized spacial score (nSPS) is 19.9. The van der Waals surface area contributed by atoms with Crippen LogP contribution in [0.5, 0.6) is 0 Å².